The van der Waals surface area contributed by atoms with Crippen LogP contribution in [-0.2, 0) is 9.53 Å². The van der Waals surface area contributed by atoms with Crippen molar-refractivity contribution in [3.63, 3.8) is 0 Å². The lowest BCUT2D eigenvalue weighted by Gasteiger charge is -2.19. The highest BCUT2D eigenvalue weighted by molar-refractivity contribution is 8.00. The number of fused-ring (bicyclic) bond motifs is 3. The lowest BCUT2D eigenvalue weighted by Crippen LogP contribution is -2.41. The molecular formula is C25H27NO4S. The highest BCUT2D eigenvalue weighted by atomic mass is 32.2. The van der Waals surface area contributed by atoms with Crippen LogP contribution in [-0.4, -0.2) is 40.8 Å². The molecule has 0 radical (unpaired) electrons. The Morgan fingerprint density at radius 3 is 2.39 bits per heavy atom. The zero-order valence-electron chi connectivity index (χ0n) is 17.3. The minimum atomic E-state index is -1.03. The number of carbonyl (C=O) groups is 2. The van der Waals surface area contributed by atoms with Crippen molar-refractivity contribution >= 4 is 23.8 Å². The first-order valence-electron chi connectivity index (χ1n) is 10.8. The molecule has 2 aromatic rings. The van der Waals surface area contributed by atoms with Crippen LogP contribution in [0.15, 0.2) is 60.7 Å². The fourth-order valence-corrected chi connectivity index (χ4v) is 5.53. The highest BCUT2D eigenvalue weighted by Gasteiger charge is 2.29. The molecule has 0 aromatic heterocycles. The fourth-order valence-electron chi connectivity index (χ4n) is 4.30. The molecule has 1 amide bonds. The molecule has 2 aliphatic rings. The molecule has 2 unspecified atom stereocenters. The van der Waals surface area contributed by atoms with Crippen LogP contribution in [0.3, 0.4) is 0 Å². The number of hydrogen-bond acceptors (Lipinski definition) is 4. The molecule has 0 aliphatic heterocycles. The van der Waals surface area contributed by atoms with E-state index in [9.17, 15) is 14.7 Å². The van der Waals surface area contributed by atoms with Crippen molar-refractivity contribution in [2.24, 2.45) is 0 Å². The molecule has 6 heteroatoms. The molecule has 0 saturated carbocycles. The molecule has 31 heavy (non-hydrogen) atoms. The second-order valence-corrected chi connectivity index (χ2v) is 9.26. The van der Waals surface area contributed by atoms with Crippen molar-refractivity contribution in [1.82, 2.24) is 5.32 Å². The van der Waals surface area contributed by atoms with Gasteiger partial charge in [0, 0.05) is 11.2 Å². The van der Waals surface area contributed by atoms with E-state index in [0.29, 0.717) is 17.4 Å². The zero-order chi connectivity index (χ0) is 21.6. The molecule has 2 aliphatic carbocycles. The molecular weight excluding hydrogens is 410 g/mol. The van der Waals surface area contributed by atoms with E-state index in [1.165, 1.54) is 6.42 Å². The fraction of sp³-hybridized carbons (Fsp3) is 0.360. The number of carboxylic acids is 1. The number of rotatable bonds is 8. The zero-order valence-corrected chi connectivity index (χ0v) is 18.1. The number of carbonyl (C=O) groups excluding carboxylic acids is 1. The summed E-state index contributed by atoms with van der Waals surface area (Å²) in [4.78, 5) is 24.0. The van der Waals surface area contributed by atoms with Gasteiger partial charge in [0.05, 0.1) is 0 Å². The summed E-state index contributed by atoms with van der Waals surface area (Å²) in [5, 5.41) is 12.5. The Morgan fingerprint density at radius 1 is 1.10 bits per heavy atom. The Balaban J connectivity index is 1.32. The van der Waals surface area contributed by atoms with Gasteiger partial charge in [-0.3, -0.25) is 0 Å². The summed E-state index contributed by atoms with van der Waals surface area (Å²) in [6.07, 6.45) is 7.49. The van der Waals surface area contributed by atoms with Crippen molar-refractivity contribution in [3.8, 4) is 11.1 Å². The van der Waals surface area contributed by atoms with Gasteiger partial charge in [0.25, 0.3) is 0 Å². The number of benzene rings is 2. The summed E-state index contributed by atoms with van der Waals surface area (Å²) >= 11 is 1.75. The Kier molecular flexibility index (Phi) is 6.97. The minimum absolute atomic E-state index is 0.0462. The van der Waals surface area contributed by atoms with Crippen LogP contribution in [0, 0.1) is 0 Å². The van der Waals surface area contributed by atoms with E-state index >= 15 is 0 Å². The van der Waals surface area contributed by atoms with Gasteiger partial charge in [0.2, 0.25) is 0 Å². The molecule has 0 bridgehead atoms. The van der Waals surface area contributed by atoms with Crippen LogP contribution >= 0.6 is 11.8 Å². The predicted octanol–water partition coefficient (Wildman–Crippen LogP) is 5.21. The van der Waals surface area contributed by atoms with Crippen LogP contribution in [0.5, 0.6) is 0 Å². The Morgan fingerprint density at radius 2 is 1.77 bits per heavy atom. The van der Waals surface area contributed by atoms with Crippen molar-refractivity contribution in [2.75, 3.05) is 12.4 Å². The van der Waals surface area contributed by atoms with Gasteiger partial charge in [-0.2, -0.15) is 11.8 Å². The van der Waals surface area contributed by atoms with E-state index in [4.69, 9.17) is 4.74 Å². The number of ether oxygens (including phenoxy) is 1. The molecule has 4 rings (SSSR count). The largest absolute Gasteiger partial charge is 0.480 e. The summed E-state index contributed by atoms with van der Waals surface area (Å²) in [7, 11) is 0. The number of thioether (sulfide) groups is 1. The second-order valence-electron chi connectivity index (χ2n) is 7.92. The van der Waals surface area contributed by atoms with Gasteiger partial charge in [-0.05, 0) is 53.7 Å². The molecule has 2 N–H and O–H groups in total. The first kappa shape index (κ1) is 21.5. The third-order valence-electron chi connectivity index (χ3n) is 5.88. The predicted molar refractivity (Wildman–Crippen MR) is 123 cm³/mol. The molecule has 0 spiro atoms. The Hall–Kier alpha value is -2.73. The van der Waals surface area contributed by atoms with Crippen molar-refractivity contribution in [3.05, 3.63) is 71.8 Å². The van der Waals surface area contributed by atoms with Gasteiger partial charge in [-0.1, -0.05) is 60.7 Å². The molecule has 0 saturated heterocycles. The maximum atomic E-state index is 12.4. The number of aliphatic carboxylic acids is 1. The average molecular weight is 438 g/mol. The van der Waals surface area contributed by atoms with Crippen molar-refractivity contribution in [2.45, 2.75) is 42.9 Å². The number of carboxylic acid groups (broad SMARTS) is 1. The van der Waals surface area contributed by atoms with E-state index in [2.05, 4.69) is 41.7 Å². The smallest absolute Gasteiger partial charge is 0.407 e. The topological polar surface area (TPSA) is 75.6 Å². The third kappa shape index (κ3) is 5.13. The van der Waals surface area contributed by atoms with E-state index in [1.54, 1.807) is 11.8 Å². The maximum Gasteiger partial charge on any atom is 0.407 e. The first-order chi connectivity index (χ1) is 15.1. The average Bonchev–Trinajstić information content (AvgIpc) is 3.11. The minimum Gasteiger partial charge on any atom is -0.480 e. The summed E-state index contributed by atoms with van der Waals surface area (Å²) < 4.78 is 5.49. The van der Waals surface area contributed by atoms with Gasteiger partial charge in [-0.25, -0.2) is 9.59 Å². The lowest BCUT2D eigenvalue weighted by atomic mass is 9.98. The number of amides is 1. The quantitative estimate of drug-likeness (QED) is 0.555. The Bertz CT molecular complexity index is 928. The van der Waals surface area contributed by atoms with Crippen LogP contribution in [0.4, 0.5) is 4.79 Å². The number of nitrogens with one attached hydrogen (secondary N) is 1. The van der Waals surface area contributed by atoms with Gasteiger partial charge in [0.1, 0.15) is 12.6 Å². The number of hydrogen-bond donors (Lipinski definition) is 2. The first-order valence-corrected chi connectivity index (χ1v) is 11.8. The monoisotopic (exact) mass is 437 g/mol. The van der Waals surface area contributed by atoms with Crippen LogP contribution in [0.1, 0.15) is 42.7 Å². The highest BCUT2D eigenvalue weighted by Crippen LogP contribution is 2.44. The van der Waals surface area contributed by atoms with Crippen molar-refractivity contribution in [1.29, 1.82) is 0 Å². The second kappa shape index (κ2) is 10.1. The Labute approximate surface area is 186 Å². The summed E-state index contributed by atoms with van der Waals surface area (Å²) in [5.74, 6) is -0.404. The van der Waals surface area contributed by atoms with Crippen molar-refractivity contribution < 1.29 is 19.4 Å². The molecule has 162 valence electrons. The van der Waals surface area contributed by atoms with Crippen LogP contribution in [0.25, 0.3) is 11.1 Å². The molecule has 5 nitrogen and oxygen atoms in total. The van der Waals surface area contributed by atoms with E-state index in [1.807, 2.05) is 24.3 Å². The molecule has 2 atom stereocenters. The summed E-state index contributed by atoms with van der Waals surface area (Å²) in [6.45, 7) is 0.174. The van der Waals surface area contributed by atoms with Crippen LogP contribution < -0.4 is 5.32 Å². The van der Waals surface area contributed by atoms with E-state index in [0.717, 1.165) is 35.1 Å². The summed E-state index contributed by atoms with van der Waals surface area (Å²) in [5.41, 5.74) is 4.57. The van der Waals surface area contributed by atoms with Gasteiger partial charge in [0.15, 0.2) is 0 Å². The lowest BCUT2D eigenvalue weighted by molar-refractivity contribution is -0.139. The van der Waals surface area contributed by atoms with Crippen LogP contribution in [0.2, 0.25) is 0 Å². The van der Waals surface area contributed by atoms with Gasteiger partial charge < -0.3 is 15.2 Å². The normalized spacial score (nSPS) is 18.1. The molecule has 2 aromatic carbocycles. The number of allylic oxidation sites excluding steroid dienone is 1. The molecule has 0 fully saturated rings. The SMILES string of the molecule is O=C(NC(CCSC1C=CCCC1)C(=O)O)OCC1c2ccccc2-c2ccccc21. The third-order valence-corrected chi connectivity index (χ3v) is 7.17. The van der Waals surface area contributed by atoms with Gasteiger partial charge in [-0.15, -0.1) is 0 Å². The molecule has 0 heterocycles. The summed E-state index contributed by atoms with van der Waals surface area (Å²) in [6, 6.07) is 15.3. The maximum absolute atomic E-state index is 12.4. The van der Waals surface area contributed by atoms with E-state index in [-0.39, 0.29) is 12.5 Å². The van der Waals surface area contributed by atoms with E-state index < -0.39 is 18.1 Å². The standard InChI is InChI=1S/C25H27NO4S/c27-24(28)23(14-15-31-17-8-2-1-3-9-17)26-25(29)30-16-22-20-12-6-4-10-18(20)19-11-5-7-13-21(19)22/h2,4-8,10-13,17,22-23H,1,3,9,14-16H2,(H,26,29)(H,27,28). The van der Waals surface area contributed by atoms with Gasteiger partial charge >= 0.3 is 12.1 Å². The number of alkyl carbamates (subject to hydrolysis) is 1.